The van der Waals surface area contributed by atoms with E-state index in [0.717, 1.165) is 5.57 Å². The first-order chi connectivity index (χ1) is 13.0. The van der Waals surface area contributed by atoms with E-state index >= 15 is 0 Å². The van der Waals surface area contributed by atoms with Crippen LogP contribution in [-0.4, -0.2) is 44.8 Å². The Hall–Kier alpha value is -2.38. The Balaban J connectivity index is 1.95. The third-order valence-corrected chi connectivity index (χ3v) is 4.42. The summed E-state index contributed by atoms with van der Waals surface area (Å²) in [5, 5.41) is 2.52. The molecule has 1 heterocycles. The fraction of sp³-hybridized carbons (Fsp3) is 0.500. The summed E-state index contributed by atoms with van der Waals surface area (Å²) < 4.78 is 21.3. The summed E-state index contributed by atoms with van der Waals surface area (Å²) in [6, 6.07) is 0. The second-order valence-corrected chi connectivity index (χ2v) is 6.32. The first-order valence-corrected chi connectivity index (χ1v) is 8.99. The van der Waals surface area contributed by atoms with Gasteiger partial charge in [-0.3, -0.25) is 5.32 Å². The molecule has 0 radical (unpaired) electrons. The molecule has 148 valence electrons. The number of ether oxygens (including phenoxy) is 4. The molecule has 0 aromatic heterocycles. The fourth-order valence-corrected chi connectivity index (χ4v) is 3.00. The average molecular weight is 377 g/mol. The minimum Gasteiger partial charge on any atom is -0.464 e. The van der Waals surface area contributed by atoms with Crippen molar-refractivity contribution in [3.05, 3.63) is 47.7 Å². The van der Waals surface area contributed by atoms with Crippen molar-refractivity contribution in [2.75, 3.05) is 26.9 Å². The van der Waals surface area contributed by atoms with Crippen LogP contribution in [0.3, 0.4) is 0 Å². The van der Waals surface area contributed by atoms with Crippen molar-refractivity contribution in [1.29, 1.82) is 0 Å². The zero-order valence-electron chi connectivity index (χ0n) is 15.9. The summed E-state index contributed by atoms with van der Waals surface area (Å²) in [4.78, 5) is 24.2. The van der Waals surface area contributed by atoms with Crippen LogP contribution < -0.4 is 5.32 Å². The molecule has 1 N–H and O–H groups in total. The Bertz CT molecular complexity index is 643. The van der Waals surface area contributed by atoms with Crippen molar-refractivity contribution in [2.24, 2.45) is 0 Å². The molecule has 1 saturated carbocycles. The van der Waals surface area contributed by atoms with Crippen LogP contribution in [-0.2, 0) is 23.7 Å². The van der Waals surface area contributed by atoms with Crippen LogP contribution in [0.15, 0.2) is 47.7 Å². The van der Waals surface area contributed by atoms with Gasteiger partial charge in [-0.05, 0) is 30.9 Å². The fourth-order valence-electron chi connectivity index (χ4n) is 3.00. The second kappa shape index (κ2) is 10.1. The monoisotopic (exact) mass is 377 g/mol. The third kappa shape index (κ3) is 6.08. The van der Waals surface area contributed by atoms with Gasteiger partial charge in [-0.1, -0.05) is 30.9 Å². The Morgan fingerprint density at radius 1 is 1.22 bits per heavy atom. The molecule has 0 atom stereocenters. The maximum atomic E-state index is 12.1. The topological polar surface area (TPSA) is 83.1 Å². The predicted molar refractivity (Wildman–Crippen MR) is 99.7 cm³/mol. The lowest BCUT2D eigenvalue weighted by molar-refractivity contribution is -0.171. The molecule has 1 aliphatic carbocycles. The summed E-state index contributed by atoms with van der Waals surface area (Å²) in [5.41, 5.74) is 1.56. The highest BCUT2D eigenvalue weighted by Gasteiger charge is 2.40. The molecule has 2 aliphatic rings. The highest BCUT2D eigenvalue weighted by atomic mass is 16.7. The number of rotatable bonds is 6. The number of allylic oxidation sites excluding steroid dienone is 4. The largest absolute Gasteiger partial charge is 0.464 e. The number of carbonyl (C=O) groups is 2. The van der Waals surface area contributed by atoms with E-state index in [4.69, 9.17) is 18.9 Å². The quantitative estimate of drug-likeness (QED) is 0.435. The lowest BCUT2D eigenvalue weighted by Gasteiger charge is -2.33. The molecular formula is C20H27NO6. The van der Waals surface area contributed by atoms with Gasteiger partial charge in [0.1, 0.15) is 12.3 Å². The molecule has 0 bridgehead atoms. The lowest BCUT2D eigenvalue weighted by atomic mass is 9.88. The predicted octanol–water partition coefficient (Wildman–Crippen LogP) is 3.15. The molecule has 0 aromatic rings. The molecular weight excluding hydrogens is 350 g/mol. The van der Waals surface area contributed by atoms with Gasteiger partial charge in [0.25, 0.3) is 0 Å². The third-order valence-electron chi connectivity index (χ3n) is 4.42. The van der Waals surface area contributed by atoms with Gasteiger partial charge in [-0.25, -0.2) is 9.59 Å². The van der Waals surface area contributed by atoms with Crippen molar-refractivity contribution in [3.8, 4) is 0 Å². The highest BCUT2D eigenvalue weighted by Crippen LogP contribution is 2.38. The molecule has 0 aromatic carbocycles. The minimum absolute atomic E-state index is 0.0223. The van der Waals surface area contributed by atoms with Gasteiger partial charge in [-0.15, -0.1) is 0 Å². The number of hydrogen-bond acceptors (Lipinski definition) is 6. The zero-order valence-corrected chi connectivity index (χ0v) is 15.9. The molecule has 1 saturated heterocycles. The van der Waals surface area contributed by atoms with Gasteiger partial charge in [0.2, 0.25) is 0 Å². The molecule has 1 spiro atoms. The van der Waals surface area contributed by atoms with E-state index in [2.05, 4.69) is 11.9 Å². The van der Waals surface area contributed by atoms with Crippen molar-refractivity contribution in [2.45, 2.75) is 38.4 Å². The molecule has 1 amide bonds. The smallest absolute Gasteiger partial charge is 0.412 e. The Morgan fingerprint density at radius 3 is 2.48 bits per heavy atom. The van der Waals surface area contributed by atoms with Crippen LogP contribution in [0.5, 0.6) is 0 Å². The molecule has 7 nitrogen and oxygen atoms in total. The standard InChI is InChI=1S/C20H27NO6/c1-4-5-6-7-15(2)14-25-19(23)21-17(18(22)24-3)16-8-10-20(11-9-16)26-12-13-27-20/h4-7H,2,8-14H2,1,3H3,(H,21,23). The van der Waals surface area contributed by atoms with Gasteiger partial charge in [-0.2, -0.15) is 0 Å². The Kier molecular flexibility index (Phi) is 7.82. The first kappa shape index (κ1) is 20.9. The van der Waals surface area contributed by atoms with Crippen molar-refractivity contribution in [3.63, 3.8) is 0 Å². The van der Waals surface area contributed by atoms with Gasteiger partial charge in [0.05, 0.1) is 20.3 Å². The normalized spacial score (nSPS) is 18.8. The van der Waals surface area contributed by atoms with Crippen LogP contribution in [0.1, 0.15) is 32.6 Å². The molecule has 1 aliphatic heterocycles. The summed E-state index contributed by atoms with van der Waals surface area (Å²) in [6.45, 7) is 6.89. The van der Waals surface area contributed by atoms with Gasteiger partial charge in [0.15, 0.2) is 5.79 Å². The highest BCUT2D eigenvalue weighted by molar-refractivity contribution is 5.93. The first-order valence-electron chi connectivity index (χ1n) is 8.99. The number of methoxy groups -OCH3 is 1. The molecule has 2 fully saturated rings. The summed E-state index contributed by atoms with van der Waals surface area (Å²) in [7, 11) is 1.28. The van der Waals surface area contributed by atoms with E-state index in [1.165, 1.54) is 7.11 Å². The van der Waals surface area contributed by atoms with Gasteiger partial charge in [0, 0.05) is 12.8 Å². The van der Waals surface area contributed by atoms with Crippen LogP contribution >= 0.6 is 0 Å². The van der Waals surface area contributed by atoms with Gasteiger partial charge >= 0.3 is 12.1 Å². The number of alkyl carbamates (subject to hydrolysis) is 1. The van der Waals surface area contributed by atoms with Crippen LogP contribution in [0, 0.1) is 0 Å². The van der Waals surface area contributed by atoms with Crippen molar-refractivity contribution < 1.29 is 28.5 Å². The lowest BCUT2D eigenvalue weighted by Crippen LogP contribution is -2.36. The Labute approximate surface area is 159 Å². The van der Waals surface area contributed by atoms with Crippen LogP contribution in [0.2, 0.25) is 0 Å². The SMILES string of the molecule is C=C(C=CC=CC)COC(=O)NC(C(=O)OC)=C1CCC2(CC1)OCCO2. The number of carbonyl (C=O) groups excluding carboxylic acids is 2. The zero-order chi connectivity index (χ0) is 19.7. The minimum atomic E-state index is -0.725. The van der Waals surface area contributed by atoms with E-state index < -0.39 is 17.8 Å². The summed E-state index contributed by atoms with van der Waals surface area (Å²) >= 11 is 0. The van der Waals surface area contributed by atoms with E-state index in [1.807, 2.05) is 19.1 Å². The average Bonchev–Trinajstić information content (AvgIpc) is 3.13. The Morgan fingerprint density at radius 2 is 1.89 bits per heavy atom. The number of amides is 1. The maximum absolute atomic E-state index is 12.1. The van der Waals surface area contributed by atoms with E-state index in [1.54, 1.807) is 12.2 Å². The summed E-state index contributed by atoms with van der Waals surface area (Å²) in [5.74, 6) is -1.15. The number of esters is 1. The van der Waals surface area contributed by atoms with E-state index in [0.29, 0.717) is 44.5 Å². The molecule has 2 rings (SSSR count). The van der Waals surface area contributed by atoms with Gasteiger partial charge < -0.3 is 18.9 Å². The molecule has 0 unspecified atom stereocenters. The number of nitrogens with one attached hydrogen (secondary N) is 1. The van der Waals surface area contributed by atoms with Crippen molar-refractivity contribution >= 4 is 12.1 Å². The maximum Gasteiger partial charge on any atom is 0.412 e. The van der Waals surface area contributed by atoms with Crippen molar-refractivity contribution in [1.82, 2.24) is 5.32 Å². The van der Waals surface area contributed by atoms with E-state index in [9.17, 15) is 9.59 Å². The molecule has 27 heavy (non-hydrogen) atoms. The summed E-state index contributed by atoms with van der Waals surface area (Å²) in [6.07, 6.45) is 8.95. The van der Waals surface area contributed by atoms with E-state index in [-0.39, 0.29) is 12.3 Å². The second-order valence-electron chi connectivity index (χ2n) is 6.32. The van der Waals surface area contributed by atoms with Crippen LogP contribution in [0.4, 0.5) is 4.79 Å². The number of hydrogen-bond donors (Lipinski definition) is 1. The van der Waals surface area contributed by atoms with Crippen LogP contribution in [0.25, 0.3) is 0 Å². The molecule has 7 heteroatoms.